The third kappa shape index (κ3) is 4.59. The van der Waals surface area contributed by atoms with Crippen LogP contribution in [-0.4, -0.2) is 30.1 Å². The number of rotatable bonds is 4. The second-order valence-electron chi connectivity index (χ2n) is 6.15. The van der Waals surface area contributed by atoms with Crippen molar-refractivity contribution in [3.63, 3.8) is 0 Å². The van der Waals surface area contributed by atoms with Crippen LogP contribution in [0.5, 0.6) is 0 Å². The van der Waals surface area contributed by atoms with Gasteiger partial charge in [-0.2, -0.15) is 0 Å². The molecule has 1 saturated heterocycles. The van der Waals surface area contributed by atoms with Gasteiger partial charge in [0.05, 0.1) is 0 Å². The summed E-state index contributed by atoms with van der Waals surface area (Å²) in [6.45, 7) is 10.2. The van der Waals surface area contributed by atoms with E-state index in [2.05, 4.69) is 71.2 Å². The molecule has 0 aromatic heterocycles. The van der Waals surface area contributed by atoms with E-state index in [9.17, 15) is 0 Å². The second kappa shape index (κ2) is 6.87. The number of piperazine rings is 1. The van der Waals surface area contributed by atoms with Crippen LogP contribution in [0.2, 0.25) is 0 Å². The molecule has 2 nitrogen and oxygen atoms in total. The number of hydrogen-bond donors (Lipinski definition) is 1. The highest BCUT2D eigenvalue weighted by atomic mass is 79.9. The molecule has 0 bridgehead atoms. The Hall–Kier alpha value is -0.380. The first-order valence-electron chi connectivity index (χ1n) is 7.26. The van der Waals surface area contributed by atoms with Gasteiger partial charge < -0.3 is 5.32 Å². The Balaban J connectivity index is 2.02. The lowest BCUT2D eigenvalue weighted by Gasteiger charge is -2.40. The summed E-state index contributed by atoms with van der Waals surface area (Å²) < 4.78 is 1.16. The number of nitrogens with one attached hydrogen (secondary N) is 1. The zero-order valence-electron chi connectivity index (χ0n) is 12.2. The van der Waals surface area contributed by atoms with Crippen molar-refractivity contribution in [1.82, 2.24) is 10.2 Å². The van der Waals surface area contributed by atoms with Crippen molar-refractivity contribution >= 4 is 15.9 Å². The van der Waals surface area contributed by atoms with Gasteiger partial charge in [0.2, 0.25) is 0 Å². The fourth-order valence-electron chi connectivity index (χ4n) is 2.83. The molecule has 2 atom stereocenters. The summed E-state index contributed by atoms with van der Waals surface area (Å²) in [4.78, 5) is 2.64. The van der Waals surface area contributed by atoms with E-state index in [-0.39, 0.29) is 0 Å². The molecule has 1 aromatic carbocycles. The SMILES string of the molecule is CC(C)CC1CNC(C)CN1Cc1ccc(Br)cc1. The summed E-state index contributed by atoms with van der Waals surface area (Å²) in [5.41, 5.74) is 1.41. The fraction of sp³-hybridized carbons (Fsp3) is 0.625. The first-order chi connectivity index (χ1) is 9.04. The monoisotopic (exact) mass is 324 g/mol. The van der Waals surface area contributed by atoms with Crippen molar-refractivity contribution in [2.75, 3.05) is 13.1 Å². The van der Waals surface area contributed by atoms with E-state index in [0.29, 0.717) is 12.1 Å². The molecule has 2 rings (SSSR count). The van der Waals surface area contributed by atoms with Crippen molar-refractivity contribution in [3.8, 4) is 0 Å². The van der Waals surface area contributed by atoms with E-state index in [1.54, 1.807) is 0 Å². The predicted molar refractivity (Wildman–Crippen MR) is 85.3 cm³/mol. The molecule has 19 heavy (non-hydrogen) atoms. The lowest BCUT2D eigenvalue weighted by molar-refractivity contribution is 0.111. The molecular formula is C16H25BrN2. The molecule has 0 saturated carbocycles. The molecule has 3 heteroatoms. The Kier molecular flexibility index (Phi) is 5.43. The van der Waals surface area contributed by atoms with Crippen molar-refractivity contribution in [3.05, 3.63) is 34.3 Å². The molecule has 0 amide bonds. The van der Waals surface area contributed by atoms with Crippen LogP contribution >= 0.6 is 15.9 Å². The van der Waals surface area contributed by atoms with Crippen LogP contribution in [0.3, 0.4) is 0 Å². The fourth-order valence-corrected chi connectivity index (χ4v) is 3.09. The van der Waals surface area contributed by atoms with Crippen molar-refractivity contribution in [2.24, 2.45) is 5.92 Å². The van der Waals surface area contributed by atoms with Gasteiger partial charge in [-0.15, -0.1) is 0 Å². The van der Waals surface area contributed by atoms with Crippen LogP contribution in [0.1, 0.15) is 32.8 Å². The summed E-state index contributed by atoms with van der Waals surface area (Å²) >= 11 is 3.50. The van der Waals surface area contributed by atoms with E-state index in [1.807, 2.05) is 0 Å². The topological polar surface area (TPSA) is 15.3 Å². The Morgan fingerprint density at radius 1 is 1.32 bits per heavy atom. The highest BCUT2D eigenvalue weighted by Gasteiger charge is 2.26. The normalized spacial score (nSPS) is 24.9. The molecule has 106 valence electrons. The molecule has 0 radical (unpaired) electrons. The third-order valence-corrected chi connectivity index (χ3v) is 4.30. The van der Waals surface area contributed by atoms with Crippen molar-refractivity contribution < 1.29 is 0 Å². The summed E-state index contributed by atoms with van der Waals surface area (Å²) in [6, 6.07) is 9.99. The minimum atomic E-state index is 0.596. The Labute approximate surface area is 125 Å². The third-order valence-electron chi connectivity index (χ3n) is 3.77. The maximum Gasteiger partial charge on any atom is 0.0237 e. The molecule has 2 unspecified atom stereocenters. The molecular weight excluding hydrogens is 300 g/mol. The second-order valence-corrected chi connectivity index (χ2v) is 7.06. The first kappa shape index (κ1) is 15.0. The lowest BCUT2D eigenvalue weighted by Crippen LogP contribution is -2.55. The Morgan fingerprint density at radius 2 is 2.00 bits per heavy atom. The Morgan fingerprint density at radius 3 is 2.63 bits per heavy atom. The minimum absolute atomic E-state index is 0.596. The van der Waals surface area contributed by atoms with Gasteiger partial charge in [0.1, 0.15) is 0 Å². The van der Waals surface area contributed by atoms with Gasteiger partial charge in [0, 0.05) is 36.2 Å². The van der Waals surface area contributed by atoms with Gasteiger partial charge in [-0.1, -0.05) is 41.9 Å². The van der Waals surface area contributed by atoms with Gasteiger partial charge in [0.15, 0.2) is 0 Å². The van der Waals surface area contributed by atoms with Crippen LogP contribution in [0, 0.1) is 5.92 Å². The highest BCUT2D eigenvalue weighted by Crippen LogP contribution is 2.19. The minimum Gasteiger partial charge on any atom is -0.311 e. The standard InChI is InChI=1S/C16H25BrN2/c1-12(2)8-16-9-18-13(3)10-19(16)11-14-4-6-15(17)7-5-14/h4-7,12-13,16,18H,8-11H2,1-3H3. The van der Waals surface area contributed by atoms with Crippen LogP contribution in [-0.2, 0) is 6.54 Å². The molecule has 1 N–H and O–H groups in total. The smallest absolute Gasteiger partial charge is 0.0237 e. The maximum absolute atomic E-state index is 3.61. The summed E-state index contributed by atoms with van der Waals surface area (Å²) in [6.07, 6.45) is 1.27. The number of halogens is 1. The van der Waals surface area contributed by atoms with E-state index in [1.165, 1.54) is 12.0 Å². The van der Waals surface area contributed by atoms with Gasteiger partial charge in [0.25, 0.3) is 0 Å². The average molecular weight is 325 g/mol. The molecule has 0 spiro atoms. The highest BCUT2D eigenvalue weighted by molar-refractivity contribution is 9.10. The number of hydrogen-bond acceptors (Lipinski definition) is 2. The quantitative estimate of drug-likeness (QED) is 0.909. The van der Waals surface area contributed by atoms with Crippen LogP contribution in [0.4, 0.5) is 0 Å². The van der Waals surface area contributed by atoms with Gasteiger partial charge >= 0.3 is 0 Å². The zero-order chi connectivity index (χ0) is 13.8. The van der Waals surface area contributed by atoms with Gasteiger partial charge in [-0.3, -0.25) is 4.90 Å². The van der Waals surface area contributed by atoms with Gasteiger partial charge in [-0.25, -0.2) is 0 Å². The number of benzene rings is 1. The average Bonchev–Trinajstić information content (AvgIpc) is 2.35. The molecule has 0 aliphatic carbocycles. The van der Waals surface area contributed by atoms with E-state index in [4.69, 9.17) is 0 Å². The van der Waals surface area contributed by atoms with Crippen LogP contribution in [0.25, 0.3) is 0 Å². The largest absolute Gasteiger partial charge is 0.311 e. The van der Waals surface area contributed by atoms with E-state index in [0.717, 1.165) is 30.0 Å². The number of nitrogens with zero attached hydrogens (tertiary/aromatic N) is 1. The van der Waals surface area contributed by atoms with E-state index < -0.39 is 0 Å². The molecule has 1 fully saturated rings. The van der Waals surface area contributed by atoms with Crippen LogP contribution < -0.4 is 5.32 Å². The molecule has 1 aliphatic heterocycles. The molecule has 1 aromatic rings. The maximum atomic E-state index is 3.61. The first-order valence-corrected chi connectivity index (χ1v) is 8.05. The predicted octanol–water partition coefficient (Wildman–Crippen LogP) is 3.66. The molecule has 1 aliphatic rings. The summed E-state index contributed by atoms with van der Waals surface area (Å²) in [7, 11) is 0. The van der Waals surface area contributed by atoms with Crippen molar-refractivity contribution in [1.29, 1.82) is 0 Å². The van der Waals surface area contributed by atoms with Crippen molar-refractivity contribution in [2.45, 2.75) is 45.8 Å². The summed E-state index contributed by atoms with van der Waals surface area (Å²) in [5.74, 6) is 0.757. The van der Waals surface area contributed by atoms with E-state index >= 15 is 0 Å². The summed E-state index contributed by atoms with van der Waals surface area (Å²) in [5, 5.41) is 3.61. The lowest BCUT2D eigenvalue weighted by atomic mass is 9.98. The van der Waals surface area contributed by atoms with Crippen LogP contribution in [0.15, 0.2) is 28.7 Å². The molecule has 1 heterocycles. The zero-order valence-corrected chi connectivity index (χ0v) is 13.8. The van der Waals surface area contributed by atoms with Gasteiger partial charge in [-0.05, 0) is 37.0 Å². The Bertz CT molecular complexity index is 388.